The van der Waals surface area contributed by atoms with Crippen molar-refractivity contribution in [1.82, 2.24) is 19.6 Å². The molecule has 1 aromatic heterocycles. The van der Waals surface area contributed by atoms with Gasteiger partial charge in [-0.3, -0.25) is 9.48 Å². The molecule has 0 spiro atoms. The molecule has 7 nitrogen and oxygen atoms in total. The van der Waals surface area contributed by atoms with Gasteiger partial charge in [0.25, 0.3) is 0 Å². The lowest BCUT2D eigenvalue weighted by Gasteiger charge is -2.39. The molecule has 2 atom stereocenters. The van der Waals surface area contributed by atoms with Gasteiger partial charge in [0.15, 0.2) is 5.69 Å². The lowest BCUT2D eigenvalue weighted by molar-refractivity contribution is -0.142. The third kappa shape index (κ3) is 6.85. The molecular formula is C27H33ClF4N4O3. The SMILES string of the molecule is CC1CC(CC(=O)N2CCc3c(C(F)(F)F)nn(Cc4ccc(Cl)cc4F)c3C2)CCN1C(=O)OC(C)(C)C. The Labute approximate surface area is 230 Å². The van der Waals surface area contributed by atoms with Crippen molar-refractivity contribution in [2.24, 2.45) is 5.92 Å². The second-order valence-corrected chi connectivity index (χ2v) is 11.8. The maximum atomic E-state index is 14.4. The Bertz CT molecular complexity index is 1240. The Balaban J connectivity index is 1.46. The summed E-state index contributed by atoms with van der Waals surface area (Å²) in [5, 5.41) is 3.97. The molecule has 0 N–H and O–H groups in total. The summed E-state index contributed by atoms with van der Waals surface area (Å²) in [5.41, 5.74) is -1.16. The molecule has 1 aromatic carbocycles. The van der Waals surface area contributed by atoms with Crippen LogP contribution in [0.1, 0.15) is 69.5 Å². The van der Waals surface area contributed by atoms with Gasteiger partial charge >= 0.3 is 12.3 Å². The van der Waals surface area contributed by atoms with Gasteiger partial charge in [-0.2, -0.15) is 18.3 Å². The van der Waals surface area contributed by atoms with Crippen LogP contribution in [0.5, 0.6) is 0 Å². The highest BCUT2D eigenvalue weighted by molar-refractivity contribution is 6.30. The number of alkyl halides is 3. The van der Waals surface area contributed by atoms with Gasteiger partial charge in [0.1, 0.15) is 11.4 Å². The van der Waals surface area contributed by atoms with Crippen LogP contribution < -0.4 is 0 Å². The Morgan fingerprint density at radius 1 is 1.18 bits per heavy atom. The van der Waals surface area contributed by atoms with E-state index in [2.05, 4.69) is 5.10 Å². The normalized spacial score (nSPS) is 20.1. The first-order chi connectivity index (χ1) is 18.1. The topological polar surface area (TPSA) is 67.7 Å². The monoisotopic (exact) mass is 572 g/mol. The predicted molar refractivity (Wildman–Crippen MR) is 137 cm³/mol. The number of aromatic nitrogens is 2. The molecule has 4 rings (SSSR count). The van der Waals surface area contributed by atoms with Gasteiger partial charge < -0.3 is 14.5 Å². The highest BCUT2D eigenvalue weighted by Crippen LogP contribution is 2.36. The number of fused-ring (bicyclic) bond motifs is 1. The van der Waals surface area contributed by atoms with E-state index in [1.165, 1.54) is 12.1 Å². The summed E-state index contributed by atoms with van der Waals surface area (Å²) >= 11 is 5.81. The molecular weight excluding hydrogens is 540 g/mol. The van der Waals surface area contributed by atoms with Crippen molar-refractivity contribution in [3.63, 3.8) is 0 Å². The minimum atomic E-state index is -4.67. The number of ether oxygens (including phenoxy) is 1. The smallest absolute Gasteiger partial charge is 0.435 e. The van der Waals surface area contributed by atoms with Crippen LogP contribution in [-0.2, 0) is 35.2 Å². The Morgan fingerprint density at radius 2 is 1.90 bits per heavy atom. The van der Waals surface area contributed by atoms with Gasteiger partial charge in [0.2, 0.25) is 5.91 Å². The molecule has 2 amide bonds. The van der Waals surface area contributed by atoms with Crippen molar-refractivity contribution in [1.29, 1.82) is 0 Å². The second-order valence-electron chi connectivity index (χ2n) is 11.3. The number of carbonyl (C=O) groups is 2. The number of carbonyl (C=O) groups excluding carboxylic acids is 2. The lowest BCUT2D eigenvalue weighted by Crippen LogP contribution is -2.47. The first-order valence-electron chi connectivity index (χ1n) is 13.0. The van der Waals surface area contributed by atoms with Crippen LogP contribution in [0.3, 0.4) is 0 Å². The zero-order valence-electron chi connectivity index (χ0n) is 22.4. The molecule has 12 heteroatoms. The first-order valence-corrected chi connectivity index (χ1v) is 13.4. The first kappa shape index (κ1) is 29.2. The van der Waals surface area contributed by atoms with E-state index in [0.29, 0.717) is 19.4 Å². The number of benzene rings is 1. The zero-order chi connectivity index (χ0) is 28.7. The van der Waals surface area contributed by atoms with Gasteiger partial charge in [0, 0.05) is 41.7 Å². The van der Waals surface area contributed by atoms with Crippen molar-refractivity contribution < 1.29 is 31.9 Å². The summed E-state index contributed by atoms with van der Waals surface area (Å²) < 4.78 is 62.3. The minimum absolute atomic E-state index is 0.00646. The van der Waals surface area contributed by atoms with Gasteiger partial charge in [-0.1, -0.05) is 17.7 Å². The molecule has 214 valence electrons. The van der Waals surface area contributed by atoms with Crippen molar-refractivity contribution in [3.8, 4) is 0 Å². The zero-order valence-corrected chi connectivity index (χ0v) is 23.2. The standard InChI is InChI=1S/C27H33ClF4N4O3/c1-16-11-17(7-10-35(16)25(38)39-26(2,3)4)12-23(37)34-9-8-20-22(15-34)36(33-24(20)27(30,31)32)14-18-5-6-19(28)13-21(18)29/h5-6,13,16-17H,7-12,14-15H2,1-4H3. The second kappa shape index (κ2) is 11.0. The average Bonchev–Trinajstić information content (AvgIpc) is 3.18. The van der Waals surface area contributed by atoms with E-state index >= 15 is 0 Å². The fourth-order valence-corrected chi connectivity index (χ4v) is 5.44. The maximum absolute atomic E-state index is 14.4. The van der Waals surface area contributed by atoms with Gasteiger partial charge in [0.05, 0.1) is 18.8 Å². The maximum Gasteiger partial charge on any atom is 0.435 e. The highest BCUT2D eigenvalue weighted by Gasteiger charge is 2.41. The van der Waals surface area contributed by atoms with E-state index in [1.807, 2.05) is 6.92 Å². The van der Waals surface area contributed by atoms with Crippen LogP contribution in [-0.4, -0.2) is 56.3 Å². The Kier molecular flexibility index (Phi) is 8.21. The van der Waals surface area contributed by atoms with E-state index in [4.69, 9.17) is 16.3 Å². The van der Waals surface area contributed by atoms with Crippen molar-refractivity contribution in [2.45, 2.75) is 84.3 Å². The van der Waals surface area contributed by atoms with Gasteiger partial charge in [-0.15, -0.1) is 0 Å². The van der Waals surface area contributed by atoms with Crippen molar-refractivity contribution >= 4 is 23.6 Å². The predicted octanol–water partition coefficient (Wildman–Crippen LogP) is 6.05. The number of hydrogen-bond acceptors (Lipinski definition) is 4. The Hall–Kier alpha value is -2.82. The molecule has 0 radical (unpaired) electrons. The van der Waals surface area contributed by atoms with Crippen LogP contribution >= 0.6 is 11.6 Å². The summed E-state index contributed by atoms with van der Waals surface area (Å²) in [6.45, 7) is 7.68. The molecule has 1 fully saturated rings. The molecule has 0 bridgehead atoms. The summed E-state index contributed by atoms with van der Waals surface area (Å²) in [6.07, 6.45) is -3.57. The molecule has 3 heterocycles. The third-order valence-electron chi connectivity index (χ3n) is 7.17. The summed E-state index contributed by atoms with van der Waals surface area (Å²) in [6, 6.07) is 3.87. The van der Waals surface area contributed by atoms with Gasteiger partial charge in [-0.25, -0.2) is 9.18 Å². The molecule has 0 aliphatic carbocycles. The molecule has 2 unspecified atom stereocenters. The van der Waals surface area contributed by atoms with Crippen LogP contribution in [0.2, 0.25) is 5.02 Å². The van der Waals surface area contributed by atoms with Crippen LogP contribution in [0, 0.1) is 11.7 Å². The molecule has 0 saturated carbocycles. The summed E-state index contributed by atoms with van der Waals surface area (Å²) in [7, 11) is 0. The molecule has 2 aromatic rings. The minimum Gasteiger partial charge on any atom is -0.444 e. The number of piperidine rings is 1. The van der Waals surface area contributed by atoms with Gasteiger partial charge in [-0.05, 0) is 65.0 Å². The van der Waals surface area contributed by atoms with Crippen LogP contribution in [0.4, 0.5) is 22.4 Å². The van der Waals surface area contributed by atoms with E-state index in [-0.39, 0.29) is 78.3 Å². The van der Waals surface area contributed by atoms with Crippen LogP contribution in [0.15, 0.2) is 18.2 Å². The molecule has 1 saturated heterocycles. The fraction of sp³-hybridized carbons (Fsp3) is 0.593. The number of rotatable bonds is 4. The molecule has 2 aliphatic rings. The Morgan fingerprint density at radius 3 is 2.51 bits per heavy atom. The molecule has 2 aliphatic heterocycles. The number of likely N-dealkylation sites (tertiary alicyclic amines) is 1. The summed E-state index contributed by atoms with van der Waals surface area (Å²) in [4.78, 5) is 29.0. The fourth-order valence-electron chi connectivity index (χ4n) is 5.29. The highest BCUT2D eigenvalue weighted by atomic mass is 35.5. The number of amides is 2. The van der Waals surface area contributed by atoms with E-state index in [1.54, 1.807) is 30.6 Å². The van der Waals surface area contributed by atoms with E-state index in [9.17, 15) is 27.2 Å². The number of halogens is 5. The van der Waals surface area contributed by atoms with Crippen molar-refractivity contribution in [3.05, 3.63) is 51.6 Å². The number of nitrogens with zero attached hydrogens (tertiary/aromatic N) is 4. The molecule has 39 heavy (non-hydrogen) atoms. The van der Waals surface area contributed by atoms with E-state index < -0.39 is 23.3 Å². The largest absolute Gasteiger partial charge is 0.444 e. The third-order valence-corrected chi connectivity index (χ3v) is 7.41. The lowest BCUT2D eigenvalue weighted by atomic mass is 9.88. The van der Waals surface area contributed by atoms with Crippen molar-refractivity contribution in [2.75, 3.05) is 13.1 Å². The van der Waals surface area contributed by atoms with Crippen LogP contribution in [0.25, 0.3) is 0 Å². The number of hydrogen-bond donors (Lipinski definition) is 0. The summed E-state index contributed by atoms with van der Waals surface area (Å²) in [5.74, 6) is -0.773. The quantitative estimate of drug-likeness (QED) is 0.418. The van der Waals surface area contributed by atoms with E-state index in [0.717, 1.165) is 10.7 Å². The average molecular weight is 573 g/mol.